The molecule has 2 amide bonds. The van der Waals surface area contributed by atoms with Gasteiger partial charge in [-0.15, -0.1) is 0 Å². The van der Waals surface area contributed by atoms with Gasteiger partial charge in [0.15, 0.2) is 0 Å². The molecule has 8 heteroatoms. The third kappa shape index (κ3) is 2.82. The first-order valence-corrected chi connectivity index (χ1v) is 7.97. The number of fused-ring (bicyclic) bond motifs is 1. The van der Waals surface area contributed by atoms with Crippen LogP contribution < -0.4 is 10.6 Å². The maximum absolute atomic E-state index is 12.2. The average Bonchev–Trinajstić information content (AvgIpc) is 2.96. The van der Waals surface area contributed by atoms with Gasteiger partial charge in [-0.1, -0.05) is 6.07 Å². The number of amides is 2. The second-order valence-corrected chi connectivity index (χ2v) is 6.41. The standard InChI is InChI=1S/C16H19N7O/c1-11-17-7-8-23(11)10-16(5-6-16)9-18-15(24)19-12-3-2-4-13-14(12)21-22-20-13/h2-4,7-8H,5-6,9-10H2,1H3,(H2,18,19,24)(H,20,21,22). The van der Waals surface area contributed by atoms with Gasteiger partial charge in [0.2, 0.25) is 0 Å². The summed E-state index contributed by atoms with van der Waals surface area (Å²) in [6.45, 7) is 3.53. The molecular weight excluding hydrogens is 306 g/mol. The second-order valence-electron chi connectivity index (χ2n) is 6.41. The molecule has 3 N–H and O–H groups in total. The Morgan fingerprint density at radius 3 is 3.00 bits per heavy atom. The molecule has 0 aliphatic heterocycles. The predicted octanol–water partition coefficient (Wildman–Crippen LogP) is 2.06. The largest absolute Gasteiger partial charge is 0.337 e. The number of aromatic nitrogens is 5. The molecule has 0 radical (unpaired) electrons. The third-order valence-electron chi connectivity index (χ3n) is 4.61. The minimum absolute atomic E-state index is 0.142. The fraction of sp³-hybridized carbons (Fsp3) is 0.375. The highest BCUT2D eigenvalue weighted by Crippen LogP contribution is 2.46. The maximum Gasteiger partial charge on any atom is 0.319 e. The van der Waals surface area contributed by atoms with Gasteiger partial charge in [-0.05, 0) is 31.9 Å². The summed E-state index contributed by atoms with van der Waals surface area (Å²) < 4.78 is 2.14. The Morgan fingerprint density at radius 1 is 1.38 bits per heavy atom. The fourth-order valence-electron chi connectivity index (χ4n) is 2.90. The summed E-state index contributed by atoms with van der Waals surface area (Å²) in [5.74, 6) is 1.00. The highest BCUT2D eigenvalue weighted by Gasteiger charge is 2.43. The molecule has 1 fully saturated rings. The number of imidazole rings is 1. The number of benzene rings is 1. The molecule has 2 heterocycles. The van der Waals surface area contributed by atoms with Gasteiger partial charge >= 0.3 is 6.03 Å². The number of hydrogen-bond acceptors (Lipinski definition) is 4. The fourth-order valence-corrected chi connectivity index (χ4v) is 2.90. The zero-order valence-electron chi connectivity index (χ0n) is 13.4. The van der Waals surface area contributed by atoms with Gasteiger partial charge in [-0.3, -0.25) is 0 Å². The van der Waals surface area contributed by atoms with E-state index in [1.807, 2.05) is 37.5 Å². The molecule has 3 aromatic rings. The second kappa shape index (κ2) is 5.63. The molecule has 0 atom stereocenters. The highest BCUT2D eigenvalue weighted by atomic mass is 16.2. The predicted molar refractivity (Wildman–Crippen MR) is 89.5 cm³/mol. The summed E-state index contributed by atoms with van der Waals surface area (Å²) in [6, 6.07) is 5.27. The summed E-state index contributed by atoms with van der Waals surface area (Å²) in [7, 11) is 0. The van der Waals surface area contributed by atoms with Gasteiger partial charge in [0, 0.05) is 30.9 Å². The molecule has 4 rings (SSSR count). The number of carbonyl (C=O) groups excluding carboxylic acids is 1. The van der Waals surface area contributed by atoms with Crippen molar-refractivity contribution < 1.29 is 4.79 Å². The van der Waals surface area contributed by atoms with Crippen LogP contribution in [0.3, 0.4) is 0 Å². The van der Waals surface area contributed by atoms with Crippen molar-refractivity contribution in [3.05, 3.63) is 36.4 Å². The number of aromatic amines is 1. The monoisotopic (exact) mass is 325 g/mol. The van der Waals surface area contributed by atoms with Crippen LogP contribution in [0.2, 0.25) is 0 Å². The van der Waals surface area contributed by atoms with Crippen molar-refractivity contribution in [3.8, 4) is 0 Å². The van der Waals surface area contributed by atoms with Crippen molar-refractivity contribution in [2.75, 3.05) is 11.9 Å². The Labute approximate surface area is 138 Å². The van der Waals surface area contributed by atoms with Crippen molar-refractivity contribution in [2.45, 2.75) is 26.3 Å². The van der Waals surface area contributed by atoms with Gasteiger partial charge in [0.05, 0.1) is 5.69 Å². The average molecular weight is 325 g/mol. The molecule has 0 unspecified atom stereocenters. The number of anilines is 1. The quantitative estimate of drug-likeness (QED) is 0.668. The van der Waals surface area contributed by atoms with E-state index in [1.165, 1.54) is 0 Å². The van der Waals surface area contributed by atoms with Crippen LogP contribution in [0.15, 0.2) is 30.6 Å². The van der Waals surface area contributed by atoms with Crippen molar-refractivity contribution in [2.24, 2.45) is 5.41 Å². The first-order chi connectivity index (χ1) is 11.7. The van der Waals surface area contributed by atoms with Crippen LogP contribution in [-0.2, 0) is 6.54 Å². The molecule has 24 heavy (non-hydrogen) atoms. The summed E-state index contributed by atoms with van der Waals surface area (Å²) in [5.41, 5.74) is 2.17. The zero-order valence-corrected chi connectivity index (χ0v) is 13.4. The molecule has 1 aliphatic rings. The van der Waals surface area contributed by atoms with Gasteiger partial charge < -0.3 is 15.2 Å². The molecule has 1 aliphatic carbocycles. The van der Waals surface area contributed by atoms with E-state index in [-0.39, 0.29) is 11.4 Å². The minimum Gasteiger partial charge on any atom is -0.337 e. The zero-order chi connectivity index (χ0) is 16.6. The van der Waals surface area contributed by atoms with Crippen LogP contribution in [0.25, 0.3) is 11.0 Å². The summed E-state index contributed by atoms with van der Waals surface area (Å²) in [4.78, 5) is 16.5. The molecule has 2 aromatic heterocycles. The topological polar surface area (TPSA) is 101 Å². The number of nitrogens with one attached hydrogen (secondary N) is 3. The van der Waals surface area contributed by atoms with E-state index in [0.29, 0.717) is 17.7 Å². The number of carbonyl (C=O) groups is 1. The Morgan fingerprint density at radius 2 is 2.25 bits per heavy atom. The van der Waals surface area contributed by atoms with Gasteiger partial charge in [-0.2, -0.15) is 15.4 Å². The lowest BCUT2D eigenvalue weighted by molar-refractivity contribution is 0.248. The van der Waals surface area contributed by atoms with E-state index < -0.39 is 0 Å². The Hall–Kier alpha value is -2.90. The van der Waals surface area contributed by atoms with Crippen LogP contribution in [0.1, 0.15) is 18.7 Å². The van der Waals surface area contributed by atoms with Gasteiger partial charge in [0.1, 0.15) is 16.9 Å². The summed E-state index contributed by atoms with van der Waals surface area (Å²) >= 11 is 0. The molecular formula is C16H19N7O. The van der Waals surface area contributed by atoms with Crippen LogP contribution in [0, 0.1) is 12.3 Å². The minimum atomic E-state index is -0.223. The first kappa shape index (κ1) is 14.7. The van der Waals surface area contributed by atoms with Crippen LogP contribution >= 0.6 is 0 Å². The first-order valence-electron chi connectivity index (χ1n) is 7.97. The number of hydrogen-bond donors (Lipinski definition) is 3. The molecule has 0 bridgehead atoms. The van der Waals surface area contributed by atoms with Crippen LogP contribution in [0.5, 0.6) is 0 Å². The van der Waals surface area contributed by atoms with E-state index >= 15 is 0 Å². The number of H-pyrrole nitrogens is 1. The molecule has 1 aromatic carbocycles. The lowest BCUT2D eigenvalue weighted by atomic mass is 10.1. The number of para-hydroxylation sites is 1. The number of urea groups is 1. The normalized spacial score (nSPS) is 15.4. The summed E-state index contributed by atoms with van der Waals surface area (Å²) in [5, 5.41) is 16.5. The Bertz CT molecular complexity index is 877. The van der Waals surface area contributed by atoms with E-state index in [9.17, 15) is 4.79 Å². The van der Waals surface area contributed by atoms with Crippen molar-refractivity contribution in [3.63, 3.8) is 0 Å². The van der Waals surface area contributed by atoms with Crippen molar-refractivity contribution in [1.29, 1.82) is 0 Å². The summed E-state index contributed by atoms with van der Waals surface area (Å²) in [6.07, 6.45) is 6.03. The third-order valence-corrected chi connectivity index (χ3v) is 4.61. The molecule has 124 valence electrons. The van der Waals surface area contributed by atoms with Gasteiger partial charge in [0.25, 0.3) is 0 Å². The van der Waals surface area contributed by atoms with Crippen LogP contribution in [0.4, 0.5) is 10.5 Å². The van der Waals surface area contributed by atoms with E-state index in [1.54, 1.807) is 0 Å². The highest BCUT2D eigenvalue weighted by molar-refractivity contribution is 5.98. The lowest BCUT2D eigenvalue weighted by Crippen LogP contribution is -2.35. The van der Waals surface area contributed by atoms with E-state index in [4.69, 9.17) is 0 Å². The SMILES string of the molecule is Cc1nccn1CC1(CNC(=O)Nc2cccc3n[nH]nc23)CC1. The van der Waals surface area contributed by atoms with E-state index in [0.717, 1.165) is 30.7 Å². The van der Waals surface area contributed by atoms with Crippen molar-refractivity contribution >= 4 is 22.8 Å². The van der Waals surface area contributed by atoms with Crippen molar-refractivity contribution in [1.82, 2.24) is 30.3 Å². The number of aryl methyl sites for hydroxylation is 1. The molecule has 0 spiro atoms. The number of nitrogens with zero attached hydrogens (tertiary/aromatic N) is 4. The van der Waals surface area contributed by atoms with Crippen LogP contribution in [-0.4, -0.2) is 37.5 Å². The number of rotatable bonds is 5. The van der Waals surface area contributed by atoms with E-state index in [2.05, 4.69) is 35.6 Å². The molecule has 0 saturated heterocycles. The lowest BCUT2D eigenvalue weighted by Gasteiger charge is -2.18. The van der Waals surface area contributed by atoms with Gasteiger partial charge in [-0.25, -0.2) is 9.78 Å². The smallest absolute Gasteiger partial charge is 0.319 e. The maximum atomic E-state index is 12.2. The molecule has 1 saturated carbocycles. The Kier molecular flexibility index (Phi) is 3.44. The Balaban J connectivity index is 1.37. The molecule has 8 nitrogen and oxygen atoms in total.